The second kappa shape index (κ2) is 4.82. The van der Waals surface area contributed by atoms with Crippen LogP contribution in [0, 0.1) is 24.4 Å². The third-order valence-corrected chi connectivity index (χ3v) is 2.79. The van der Waals surface area contributed by atoms with Crippen molar-refractivity contribution in [3.8, 4) is 0 Å². The molecule has 0 bridgehead atoms. The highest BCUT2D eigenvalue weighted by Gasteiger charge is 2.12. The molecule has 0 aliphatic rings. The van der Waals surface area contributed by atoms with Crippen LogP contribution in [0.15, 0.2) is 36.4 Å². The van der Waals surface area contributed by atoms with Gasteiger partial charge in [0, 0.05) is 6.07 Å². The van der Waals surface area contributed by atoms with Crippen molar-refractivity contribution in [3.63, 3.8) is 0 Å². The zero-order chi connectivity index (χ0) is 13.3. The number of halogens is 3. The van der Waals surface area contributed by atoms with Gasteiger partial charge in [-0.25, -0.2) is 13.2 Å². The highest BCUT2D eigenvalue weighted by molar-refractivity contribution is 5.34. The van der Waals surface area contributed by atoms with Crippen LogP contribution in [0.25, 0.3) is 0 Å². The van der Waals surface area contributed by atoms with Gasteiger partial charge in [0.05, 0.1) is 6.04 Å². The molecule has 0 fully saturated rings. The van der Waals surface area contributed by atoms with E-state index in [1.165, 1.54) is 24.3 Å². The summed E-state index contributed by atoms with van der Waals surface area (Å²) in [5.74, 6) is -1.70. The predicted molar refractivity (Wildman–Crippen MR) is 63.5 cm³/mol. The molecule has 4 heteroatoms. The summed E-state index contributed by atoms with van der Waals surface area (Å²) in [5, 5.41) is 0. The SMILES string of the molecule is Cc1cc(C(N)c2cc(F)cc(F)c2)ccc1F. The maximum absolute atomic E-state index is 13.1. The largest absolute Gasteiger partial charge is 0.320 e. The van der Waals surface area contributed by atoms with Crippen molar-refractivity contribution in [2.24, 2.45) is 5.73 Å². The minimum Gasteiger partial charge on any atom is -0.320 e. The highest BCUT2D eigenvalue weighted by Crippen LogP contribution is 2.23. The molecule has 1 nitrogen and oxygen atoms in total. The summed E-state index contributed by atoms with van der Waals surface area (Å²) in [5.41, 5.74) is 7.29. The van der Waals surface area contributed by atoms with Gasteiger partial charge in [-0.05, 0) is 41.8 Å². The average Bonchev–Trinajstić information content (AvgIpc) is 2.30. The summed E-state index contributed by atoms with van der Waals surface area (Å²) in [6.45, 7) is 1.61. The van der Waals surface area contributed by atoms with Crippen molar-refractivity contribution >= 4 is 0 Å². The quantitative estimate of drug-likeness (QED) is 0.869. The van der Waals surface area contributed by atoms with E-state index in [-0.39, 0.29) is 5.82 Å². The molecule has 0 heterocycles. The van der Waals surface area contributed by atoms with Gasteiger partial charge in [0.1, 0.15) is 17.5 Å². The predicted octanol–water partition coefficient (Wildman–Crippen LogP) is 3.46. The fourth-order valence-corrected chi connectivity index (χ4v) is 1.81. The second-order valence-electron chi connectivity index (χ2n) is 4.19. The molecule has 18 heavy (non-hydrogen) atoms. The lowest BCUT2D eigenvalue weighted by Gasteiger charge is -2.13. The average molecular weight is 251 g/mol. The van der Waals surface area contributed by atoms with Crippen LogP contribution in [0.2, 0.25) is 0 Å². The van der Waals surface area contributed by atoms with E-state index < -0.39 is 17.7 Å². The molecule has 0 radical (unpaired) electrons. The molecule has 2 rings (SSSR count). The molecule has 1 unspecified atom stereocenters. The Morgan fingerprint density at radius 3 is 2.06 bits per heavy atom. The lowest BCUT2D eigenvalue weighted by Crippen LogP contribution is -2.13. The van der Waals surface area contributed by atoms with Gasteiger partial charge in [0.25, 0.3) is 0 Å². The van der Waals surface area contributed by atoms with Crippen molar-refractivity contribution in [1.29, 1.82) is 0 Å². The fraction of sp³-hybridized carbons (Fsp3) is 0.143. The van der Waals surface area contributed by atoms with Crippen molar-refractivity contribution < 1.29 is 13.2 Å². The Hall–Kier alpha value is -1.81. The maximum Gasteiger partial charge on any atom is 0.126 e. The van der Waals surface area contributed by atoms with E-state index in [4.69, 9.17) is 5.73 Å². The van der Waals surface area contributed by atoms with Crippen LogP contribution in [-0.2, 0) is 0 Å². The third-order valence-electron chi connectivity index (χ3n) is 2.79. The van der Waals surface area contributed by atoms with E-state index in [1.807, 2.05) is 0 Å². The number of rotatable bonds is 2. The lowest BCUT2D eigenvalue weighted by atomic mass is 9.98. The van der Waals surface area contributed by atoms with E-state index in [2.05, 4.69) is 0 Å². The van der Waals surface area contributed by atoms with E-state index in [1.54, 1.807) is 13.0 Å². The summed E-state index contributed by atoms with van der Waals surface area (Å²) in [4.78, 5) is 0. The summed E-state index contributed by atoms with van der Waals surface area (Å²) >= 11 is 0. The fourth-order valence-electron chi connectivity index (χ4n) is 1.81. The van der Waals surface area contributed by atoms with Gasteiger partial charge in [-0.2, -0.15) is 0 Å². The number of benzene rings is 2. The normalized spacial score (nSPS) is 12.5. The van der Waals surface area contributed by atoms with Crippen LogP contribution < -0.4 is 5.73 Å². The van der Waals surface area contributed by atoms with E-state index in [0.29, 0.717) is 16.7 Å². The standard InChI is InChI=1S/C14H12F3N/c1-8-4-9(2-3-13(8)17)14(18)10-5-11(15)7-12(16)6-10/h2-7,14H,18H2,1H3. The lowest BCUT2D eigenvalue weighted by molar-refractivity contribution is 0.577. The first-order chi connectivity index (χ1) is 8.47. The van der Waals surface area contributed by atoms with Crippen molar-refractivity contribution in [2.75, 3.05) is 0 Å². The van der Waals surface area contributed by atoms with Crippen LogP contribution in [-0.4, -0.2) is 0 Å². The van der Waals surface area contributed by atoms with Gasteiger partial charge in [0.2, 0.25) is 0 Å². The molecule has 0 spiro atoms. The third kappa shape index (κ3) is 2.54. The van der Waals surface area contributed by atoms with Crippen molar-refractivity contribution in [1.82, 2.24) is 0 Å². The molecule has 2 aromatic rings. The molecule has 0 aliphatic carbocycles. The van der Waals surface area contributed by atoms with Gasteiger partial charge in [-0.1, -0.05) is 12.1 Å². The zero-order valence-corrected chi connectivity index (χ0v) is 9.75. The number of hydrogen-bond acceptors (Lipinski definition) is 1. The smallest absolute Gasteiger partial charge is 0.126 e. The number of aryl methyl sites for hydroxylation is 1. The Morgan fingerprint density at radius 1 is 0.889 bits per heavy atom. The van der Waals surface area contributed by atoms with Gasteiger partial charge in [-0.15, -0.1) is 0 Å². The van der Waals surface area contributed by atoms with Crippen molar-refractivity contribution in [2.45, 2.75) is 13.0 Å². The van der Waals surface area contributed by atoms with Crippen LogP contribution in [0.1, 0.15) is 22.7 Å². The maximum atomic E-state index is 13.1. The van der Waals surface area contributed by atoms with Crippen molar-refractivity contribution in [3.05, 3.63) is 70.5 Å². The number of hydrogen-bond donors (Lipinski definition) is 1. The molecule has 2 aromatic carbocycles. The molecule has 0 aliphatic heterocycles. The summed E-state index contributed by atoms with van der Waals surface area (Å²) in [6, 6.07) is 6.82. The van der Waals surface area contributed by atoms with Crippen LogP contribution in [0.3, 0.4) is 0 Å². The first-order valence-electron chi connectivity index (χ1n) is 5.45. The molecule has 1 atom stereocenters. The zero-order valence-electron chi connectivity index (χ0n) is 9.75. The summed E-state index contributed by atoms with van der Waals surface area (Å²) < 4.78 is 39.3. The van der Waals surface area contributed by atoms with Gasteiger partial charge in [-0.3, -0.25) is 0 Å². The monoisotopic (exact) mass is 251 g/mol. The highest BCUT2D eigenvalue weighted by atomic mass is 19.1. The van der Waals surface area contributed by atoms with Crippen LogP contribution >= 0.6 is 0 Å². The van der Waals surface area contributed by atoms with E-state index in [0.717, 1.165) is 6.07 Å². The second-order valence-corrected chi connectivity index (χ2v) is 4.19. The van der Waals surface area contributed by atoms with Gasteiger partial charge < -0.3 is 5.73 Å². The molecule has 94 valence electrons. The van der Waals surface area contributed by atoms with Gasteiger partial charge >= 0.3 is 0 Å². The first-order valence-corrected chi connectivity index (χ1v) is 5.45. The Labute approximate surface area is 103 Å². The minimum atomic E-state index is -0.686. The molecule has 0 saturated heterocycles. The van der Waals surface area contributed by atoms with Gasteiger partial charge in [0.15, 0.2) is 0 Å². The Balaban J connectivity index is 2.40. The van der Waals surface area contributed by atoms with Crippen LogP contribution in [0.5, 0.6) is 0 Å². The molecular formula is C14H12F3N. The van der Waals surface area contributed by atoms with Crippen LogP contribution in [0.4, 0.5) is 13.2 Å². The first kappa shape index (κ1) is 12.6. The molecule has 0 saturated carbocycles. The summed E-state index contributed by atoms with van der Waals surface area (Å²) in [6.07, 6.45) is 0. The Kier molecular flexibility index (Phi) is 3.39. The van der Waals surface area contributed by atoms with E-state index >= 15 is 0 Å². The Morgan fingerprint density at radius 2 is 1.50 bits per heavy atom. The molecule has 0 aromatic heterocycles. The molecular weight excluding hydrogens is 239 g/mol. The Bertz CT molecular complexity index is 561. The summed E-state index contributed by atoms with van der Waals surface area (Å²) in [7, 11) is 0. The number of nitrogens with two attached hydrogens (primary N) is 1. The van der Waals surface area contributed by atoms with E-state index in [9.17, 15) is 13.2 Å². The minimum absolute atomic E-state index is 0.318. The molecule has 0 amide bonds. The topological polar surface area (TPSA) is 26.0 Å². The molecule has 2 N–H and O–H groups in total.